The lowest BCUT2D eigenvalue weighted by Crippen LogP contribution is -2.45. The third kappa shape index (κ3) is 4.30. The fourth-order valence-electron chi connectivity index (χ4n) is 2.85. The highest BCUT2D eigenvalue weighted by Crippen LogP contribution is 2.28. The molecule has 2 fully saturated rings. The molecule has 3 heteroatoms. The Balaban J connectivity index is 1.62. The van der Waals surface area contributed by atoms with Crippen LogP contribution >= 0.6 is 0 Å². The molecule has 0 aromatic carbocycles. The Labute approximate surface area is 105 Å². The van der Waals surface area contributed by atoms with Crippen LogP contribution in [0, 0.1) is 17.8 Å². The van der Waals surface area contributed by atoms with Crippen molar-refractivity contribution in [1.82, 2.24) is 10.6 Å². The predicted molar refractivity (Wildman–Crippen MR) is 69.7 cm³/mol. The first kappa shape index (κ1) is 12.9. The van der Waals surface area contributed by atoms with Crippen LogP contribution in [0.1, 0.15) is 46.0 Å². The fourth-order valence-corrected chi connectivity index (χ4v) is 2.85. The molecule has 0 aromatic heterocycles. The standard InChI is InChI=1S/C14H26N2O/c1-10-3-6-13(11(2)7-10)16-14(17)9-15-8-12-4-5-12/h10-13,15H,3-9H2,1-2H3,(H,16,17). The number of hydrogen-bond donors (Lipinski definition) is 2. The average molecular weight is 238 g/mol. The number of hydrogen-bond acceptors (Lipinski definition) is 2. The highest BCUT2D eigenvalue weighted by Gasteiger charge is 2.26. The van der Waals surface area contributed by atoms with Crippen LogP contribution < -0.4 is 10.6 Å². The highest BCUT2D eigenvalue weighted by molar-refractivity contribution is 5.78. The SMILES string of the molecule is CC1CCC(NC(=O)CNCC2CC2)C(C)C1. The van der Waals surface area contributed by atoms with Gasteiger partial charge in [0, 0.05) is 6.04 Å². The highest BCUT2D eigenvalue weighted by atomic mass is 16.1. The topological polar surface area (TPSA) is 41.1 Å². The molecule has 2 saturated carbocycles. The number of amides is 1. The molecule has 2 rings (SSSR count). The molecule has 0 aliphatic heterocycles. The van der Waals surface area contributed by atoms with Crippen molar-refractivity contribution in [1.29, 1.82) is 0 Å². The van der Waals surface area contributed by atoms with Crippen molar-refractivity contribution in [2.75, 3.05) is 13.1 Å². The molecular weight excluding hydrogens is 212 g/mol. The lowest BCUT2D eigenvalue weighted by atomic mass is 9.80. The third-order valence-corrected chi connectivity index (χ3v) is 4.19. The van der Waals surface area contributed by atoms with Gasteiger partial charge in [-0.2, -0.15) is 0 Å². The van der Waals surface area contributed by atoms with Crippen LogP contribution in [0.15, 0.2) is 0 Å². The van der Waals surface area contributed by atoms with Crippen molar-refractivity contribution >= 4 is 5.91 Å². The number of nitrogens with one attached hydrogen (secondary N) is 2. The van der Waals surface area contributed by atoms with Crippen molar-refractivity contribution in [3.8, 4) is 0 Å². The first-order valence-corrected chi connectivity index (χ1v) is 7.15. The molecule has 2 N–H and O–H groups in total. The molecule has 17 heavy (non-hydrogen) atoms. The molecule has 0 aromatic rings. The quantitative estimate of drug-likeness (QED) is 0.768. The second kappa shape index (κ2) is 5.85. The number of carbonyl (C=O) groups excluding carboxylic acids is 1. The van der Waals surface area contributed by atoms with E-state index in [0.717, 1.165) is 24.8 Å². The van der Waals surface area contributed by atoms with Gasteiger partial charge in [-0.25, -0.2) is 0 Å². The van der Waals surface area contributed by atoms with Crippen LogP contribution in [0.4, 0.5) is 0 Å². The first-order chi connectivity index (χ1) is 8.15. The summed E-state index contributed by atoms with van der Waals surface area (Å²) in [4.78, 5) is 11.8. The van der Waals surface area contributed by atoms with Gasteiger partial charge in [0.1, 0.15) is 0 Å². The molecule has 2 aliphatic rings. The second-order valence-corrected chi connectivity index (χ2v) is 6.14. The Kier molecular flexibility index (Phi) is 4.43. The summed E-state index contributed by atoms with van der Waals surface area (Å²) in [6, 6.07) is 0.404. The van der Waals surface area contributed by atoms with E-state index >= 15 is 0 Å². The minimum atomic E-state index is 0.178. The van der Waals surface area contributed by atoms with E-state index in [1.165, 1.54) is 25.7 Å². The molecule has 0 heterocycles. The van der Waals surface area contributed by atoms with E-state index in [-0.39, 0.29) is 5.91 Å². The monoisotopic (exact) mass is 238 g/mol. The first-order valence-electron chi connectivity index (χ1n) is 7.15. The van der Waals surface area contributed by atoms with Gasteiger partial charge >= 0.3 is 0 Å². The average Bonchev–Trinajstić information content (AvgIpc) is 3.06. The molecular formula is C14H26N2O. The summed E-state index contributed by atoms with van der Waals surface area (Å²) in [5.74, 6) is 2.48. The molecule has 98 valence electrons. The Morgan fingerprint density at radius 3 is 2.59 bits per heavy atom. The van der Waals surface area contributed by atoms with E-state index in [4.69, 9.17) is 0 Å². The van der Waals surface area contributed by atoms with E-state index in [1.807, 2.05) is 0 Å². The lowest BCUT2D eigenvalue weighted by molar-refractivity contribution is -0.121. The van der Waals surface area contributed by atoms with Crippen molar-refractivity contribution in [2.24, 2.45) is 17.8 Å². The summed E-state index contributed by atoms with van der Waals surface area (Å²) in [5, 5.41) is 6.43. The van der Waals surface area contributed by atoms with E-state index < -0.39 is 0 Å². The van der Waals surface area contributed by atoms with E-state index in [0.29, 0.717) is 18.5 Å². The van der Waals surface area contributed by atoms with E-state index in [2.05, 4.69) is 24.5 Å². The summed E-state index contributed by atoms with van der Waals surface area (Å²) in [6.45, 7) is 6.09. The van der Waals surface area contributed by atoms with Gasteiger partial charge in [-0.15, -0.1) is 0 Å². The van der Waals surface area contributed by atoms with Crippen LogP contribution in [-0.4, -0.2) is 25.0 Å². The van der Waals surface area contributed by atoms with E-state index in [1.54, 1.807) is 0 Å². The zero-order valence-corrected chi connectivity index (χ0v) is 11.2. The van der Waals surface area contributed by atoms with Gasteiger partial charge in [-0.1, -0.05) is 13.8 Å². The normalized spacial score (nSPS) is 33.4. The summed E-state index contributed by atoms with van der Waals surface area (Å²) < 4.78 is 0. The number of rotatable bonds is 5. The lowest BCUT2D eigenvalue weighted by Gasteiger charge is -2.33. The molecule has 3 nitrogen and oxygen atoms in total. The Morgan fingerprint density at radius 2 is 1.94 bits per heavy atom. The maximum atomic E-state index is 11.8. The molecule has 3 unspecified atom stereocenters. The number of carbonyl (C=O) groups is 1. The van der Waals surface area contributed by atoms with Gasteiger partial charge in [0.05, 0.1) is 6.54 Å². The summed E-state index contributed by atoms with van der Waals surface area (Å²) >= 11 is 0. The largest absolute Gasteiger partial charge is 0.352 e. The third-order valence-electron chi connectivity index (χ3n) is 4.19. The molecule has 2 aliphatic carbocycles. The summed E-state index contributed by atoms with van der Waals surface area (Å²) in [6.07, 6.45) is 6.33. The van der Waals surface area contributed by atoms with Crippen molar-refractivity contribution < 1.29 is 4.79 Å². The predicted octanol–water partition coefficient (Wildman–Crippen LogP) is 1.93. The van der Waals surface area contributed by atoms with Crippen LogP contribution in [0.2, 0.25) is 0 Å². The Bertz CT molecular complexity index is 263. The van der Waals surface area contributed by atoms with Crippen LogP contribution in [0.5, 0.6) is 0 Å². The van der Waals surface area contributed by atoms with Crippen LogP contribution in [0.3, 0.4) is 0 Å². The van der Waals surface area contributed by atoms with Crippen molar-refractivity contribution in [2.45, 2.75) is 52.0 Å². The maximum Gasteiger partial charge on any atom is 0.234 e. The zero-order chi connectivity index (χ0) is 12.3. The van der Waals surface area contributed by atoms with Gasteiger partial charge < -0.3 is 10.6 Å². The maximum absolute atomic E-state index is 11.8. The smallest absolute Gasteiger partial charge is 0.234 e. The van der Waals surface area contributed by atoms with Gasteiger partial charge in [-0.3, -0.25) is 4.79 Å². The molecule has 0 spiro atoms. The van der Waals surface area contributed by atoms with Gasteiger partial charge in [0.25, 0.3) is 0 Å². The minimum absolute atomic E-state index is 0.178. The van der Waals surface area contributed by atoms with E-state index in [9.17, 15) is 4.79 Å². The van der Waals surface area contributed by atoms with Crippen LogP contribution in [-0.2, 0) is 4.79 Å². The zero-order valence-electron chi connectivity index (χ0n) is 11.2. The molecule has 3 atom stereocenters. The van der Waals surface area contributed by atoms with Gasteiger partial charge in [-0.05, 0) is 56.4 Å². The minimum Gasteiger partial charge on any atom is -0.352 e. The van der Waals surface area contributed by atoms with Crippen molar-refractivity contribution in [3.05, 3.63) is 0 Å². The Morgan fingerprint density at radius 1 is 1.18 bits per heavy atom. The second-order valence-electron chi connectivity index (χ2n) is 6.14. The van der Waals surface area contributed by atoms with Crippen molar-refractivity contribution in [3.63, 3.8) is 0 Å². The molecule has 0 bridgehead atoms. The summed E-state index contributed by atoms with van der Waals surface area (Å²) in [5.41, 5.74) is 0. The van der Waals surface area contributed by atoms with Crippen LogP contribution in [0.25, 0.3) is 0 Å². The molecule has 0 saturated heterocycles. The fraction of sp³-hybridized carbons (Fsp3) is 0.929. The molecule has 1 amide bonds. The molecule has 0 radical (unpaired) electrons. The summed E-state index contributed by atoms with van der Waals surface area (Å²) in [7, 11) is 0. The van der Waals surface area contributed by atoms with Gasteiger partial charge in [0.15, 0.2) is 0 Å². The Hall–Kier alpha value is -0.570. The van der Waals surface area contributed by atoms with Gasteiger partial charge in [0.2, 0.25) is 5.91 Å².